The maximum absolute atomic E-state index is 10.5. The van der Waals surface area contributed by atoms with Crippen molar-refractivity contribution in [3.63, 3.8) is 0 Å². The van der Waals surface area contributed by atoms with Crippen molar-refractivity contribution in [1.82, 2.24) is 10.1 Å². The zero-order chi connectivity index (χ0) is 12.4. The minimum absolute atomic E-state index is 0.0958. The van der Waals surface area contributed by atoms with Crippen LogP contribution >= 0.6 is 23.2 Å². The maximum Gasteiger partial charge on any atom is 0.311 e. The highest BCUT2D eigenvalue weighted by atomic mass is 35.5. The van der Waals surface area contributed by atoms with E-state index in [1.54, 1.807) is 18.2 Å². The Morgan fingerprint density at radius 2 is 2.18 bits per heavy atom. The zero-order valence-corrected chi connectivity index (χ0v) is 9.87. The number of hydrogen-bond acceptors (Lipinski definition) is 4. The third kappa shape index (κ3) is 2.75. The van der Waals surface area contributed by atoms with Crippen molar-refractivity contribution in [2.75, 3.05) is 0 Å². The number of nitrogens with zero attached hydrogens (tertiary/aromatic N) is 2. The van der Waals surface area contributed by atoms with E-state index in [1.165, 1.54) is 0 Å². The van der Waals surface area contributed by atoms with Crippen LogP contribution in [0.1, 0.15) is 5.82 Å². The van der Waals surface area contributed by atoms with Crippen molar-refractivity contribution >= 4 is 29.2 Å². The van der Waals surface area contributed by atoms with Crippen molar-refractivity contribution in [1.29, 1.82) is 0 Å². The lowest BCUT2D eigenvalue weighted by Crippen LogP contribution is -2.01. The highest BCUT2D eigenvalue weighted by Crippen LogP contribution is 2.29. The summed E-state index contributed by atoms with van der Waals surface area (Å²) in [5, 5.41) is 13.0. The number of carboxylic acid groups (broad SMARTS) is 1. The molecule has 0 spiro atoms. The van der Waals surface area contributed by atoms with Gasteiger partial charge in [-0.25, -0.2) is 0 Å². The van der Waals surface area contributed by atoms with E-state index >= 15 is 0 Å². The van der Waals surface area contributed by atoms with Gasteiger partial charge in [0, 0.05) is 5.02 Å². The normalized spacial score (nSPS) is 10.5. The second-order valence-corrected chi connectivity index (χ2v) is 4.05. The van der Waals surface area contributed by atoms with Crippen molar-refractivity contribution < 1.29 is 14.4 Å². The van der Waals surface area contributed by atoms with E-state index in [-0.39, 0.29) is 18.1 Å². The summed E-state index contributed by atoms with van der Waals surface area (Å²) in [4.78, 5) is 14.4. The molecule has 17 heavy (non-hydrogen) atoms. The van der Waals surface area contributed by atoms with Gasteiger partial charge in [-0.1, -0.05) is 28.4 Å². The highest BCUT2D eigenvalue weighted by molar-refractivity contribution is 6.36. The van der Waals surface area contributed by atoms with Crippen LogP contribution in [0.5, 0.6) is 0 Å². The first kappa shape index (κ1) is 11.9. The summed E-state index contributed by atoms with van der Waals surface area (Å²) in [5.74, 6) is -0.763. The molecule has 1 N–H and O–H groups in total. The molecule has 88 valence electrons. The lowest BCUT2D eigenvalue weighted by Gasteiger charge is -1.98. The van der Waals surface area contributed by atoms with Gasteiger partial charge in [-0.15, -0.1) is 0 Å². The first-order chi connectivity index (χ1) is 8.06. The summed E-state index contributed by atoms with van der Waals surface area (Å²) in [5.41, 5.74) is 0.514. The standard InChI is InChI=1S/C10H6Cl2N2O3/c11-5-1-2-6(7(12)3-5)10-13-8(14-17-10)4-9(15)16/h1-3H,4H2,(H,15,16). The van der Waals surface area contributed by atoms with Gasteiger partial charge in [0.15, 0.2) is 5.82 Å². The van der Waals surface area contributed by atoms with Crippen LogP contribution in [0, 0.1) is 0 Å². The average molecular weight is 273 g/mol. The summed E-state index contributed by atoms with van der Waals surface area (Å²) < 4.78 is 4.92. The second kappa shape index (κ2) is 4.73. The number of halogens is 2. The largest absolute Gasteiger partial charge is 0.481 e. The topological polar surface area (TPSA) is 76.2 Å². The van der Waals surface area contributed by atoms with E-state index in [2.05, 4.69) is 10.1 Å². The quantitative estimate of drug-likeness (QED) is 0.930. The molecule has 1 aromatic carbocycles. The zero-order valence-electron chi connectivity index (χ0n) is 8.35. The number of aliphatic carboxylic acids is 1. The van der Waals surface area contributed by atoms with Gasteiger partial charge in [-0.05, 0) is 18.2 Å². The first-order valence-corrected chi connectivity index (χ1v) is 5.31. The summed E-state index contributed by atoms with van der Waals surface area (Å²) in [6.45, 7) is 0. The minimum atomic E-state index is -1.03. The molecule has 2 rings (SSSR count). The van der Waals surface area contributed by atoms with Gasteiger partial charge < -0.3 is 9.63 Å². The molecule has 0 bridgehead atoms. The molecule has 7 heteroatoms. The molecular formula is C10H6Cl2N2O3. The number of carboxylic acids is 1. The molecule has 2 aromatic rings. The Morgan fingerprint density at radius 3 is 2.82 bits per heavy atom. The van der Waals surface area contributed by atoms with Crippen LogP contribution in [0.25, 0.3) is 11.5 Å². The number of hydrogen-bond donors (Lipinski definition) is 1. The van der Waals surface area contributed by atoms with Crippen LogP contribution in [0.2, 0.25) is 10.0 Å². The number of aromatic nitrogens is 2. The summed E-state index contributed by atoms with van der Waals surface area (Å²) in [6, 6.07) is 4.80. The molecule has 0 atom stereocenters. The lowest BCUT2D eigenvalue weighted by molar-refractivity contribution is -0.136. The van der Waals surface area contributed by atoms with E-state index in [4.69, 9.17) is 32.8 Å². The molecule has 0 saturated heterocycles. The third-order valence-corrected chi connectivity index (χ3v) is 2.49. The highest BCUT2D eigenvalue weighted by Gasteiger charge is 2.14. The van der Waals surface area contributed by atoms with Crippen LogP contribution in [0.3, 0.4) is 0 Å². The average Bonchev–Trinajstić information content (AvgIpc) is 2.65. The van der Waals surface area contributed by atoms with E-state index in [1.807, 2.05) is 0 Å². The van der Waals surface area contributed by atoms with Crippen molar-refractivity contribution in [2.45, 2.75) is 6.42 Å². The van der Waals surface area contributed by atoms with E-state index in [9.17, 15) is 4.79 Å². The van der Waals surface area contributed by atoms with Gasteiger partial charge in [0.25, 0.3) is 5.89 Å². The minimum Gasteiger partial charge on any atom is -0.481 e. The summed E-state index contributed by atoms with van der Waals surface area (Å²) in [6.07, 6.45) is -0.297. The molecule has 0 unspecified atom stereocenters. The Hall–Kier alpha value is -1.59. The van der Waals surface area contributed by atoms with Crippen molar-refractivity contribution in [2.24, 2.45) is 0 Å². The first-order valence-electron chi connectivity index (χ1n) is 4.56. The van der Waals surface area contributed by atoms with Gasteiger partial charge in [0.2, 0.25) is 0 Å². The Kier molecular flexibility index (Phi) is 3.31. The third-order valence-electron chi connectivity index (χ3n) is 1.94. The number of rotatable bonds is 3. The molecule has 0 radical (unpaired) electrons. The molecule has 1 aromatic heterocycles. The SMILES string of the molecule is O=C(O)Cc1noc(-c2ccc(Cl)cc2Cl)n1. The molecule has 0 fully saturated rings. The monoisotopic (exact) mass is 272 g/mol. The Labute approximate surface area is 106 Å². The molecular weight excluding hydrogens is 267 g/mol. The summed E-state index contributed by atoms with van der Waals surface area (Å²) in [7, 11) is 0. The van der Waals surface area contributed by atoms with Crippen molar-refractivity contribution in [3.8, 4) is 11.5 Å². The van der Waals surface area contributed by atoms with Crippen LogP contribution in [-0.4, -0.2) is 21.2 Å². The molecule has 0 saturated carbocycles. The van der Waals surface area contributed by atoms with E-state index in [0.717, 1.165) is 0 Å². The Bertz CT molecular complexity index is 568. The molecule has 0 aliphatic heterocycles. The summed E-state index contributed by atoms with van der Waals surface area (Å²) >= 11 is 11.7. The predicted molar refractivity (Wildman–Crippen MR) is 61.1 cm³/mol. The van der Waals surface area contributed by atoms with Crippen LogP contribution in [0.4, 0.5) is 0 Å². The fourth-order valence-electron chi connectivity index (χ4n) is 1.23. The van der Waals surface area contributed by atoms with Crippen LogP contribution in [-0.2, 0) is 11.2 Å². The van der Waals surface area contributed by atoms with E-state index in [0.29, 0.717) is 15.6 Å². The second-order valence-electron chi connectivity index (χ2n) is 3.21. The Morgan fingerprint density at radius 1 is 1.41 bits per heavy atom. The Balaban J connectivity index is 2.33. The molecule has 0 amide bonds. The van der Waals surface area contributed by atoms with Gasteiger partial charge in [-0.3, -0.25) is 4.79 Å². The van der Waals surface area contributed by atoms with Gasteiger partial charge in [-0.2, -0.15) is 4.98 Å². The lowest BCUT2D eigenvalue weighted by atomic mass is 10.2. The van der Waals surface area contributed by atoms with Crippen molar-refractivity contribution in [3.05, 3.63) is 34.1 Å². The fourth-order valence-corrected chi connectivity index (χ4v) is 1.72. The van der Waals surface area contributed by atoms with Gasteiger partial charge in [0.1, 0.15) is 6.42 Å². The number of benzene rings is 1. The molecule has 1 heterocycles. The van der Waals surface area contributed by atoms with Crippen LogP contribution in [0.15, 0.2) is 22.7 Å². The maximum atomic E-state index is 10.5. The molecule has 0 aliphatic rings. The number of carbonyl (C=O) groups is 1. The predicted octanol–water partition coefficient (Wildman–Crippen LogP) is 2.67. The fraction of sp³-hybridized carbons (Fsp3) is 0.100. The van der Waals surface area contributed by atoms with Gasteiger partial charge in [0.05, 0.1) is 10.6 Å². The van der Waals surface area contributed by atoms with Gasteiger partial charge >= 0.3 is 5.97 Å². The smallest absolute Gasteiger partial charge is 0.311 e. The van der Waals surface area contributed by atoms with E-state index < -0.39 is 5.97 Å². The van der Waals surface area contributed by atoms with Crippen LogP contribution < -0.4 is 0 Å². The molecule has 0 aliphatic carbocycles. The molecule has 5 nitrogen and oxygen atoms in total.